The third-order valence-corrected chi connectivity index (χ3v) is 5.52. The summed E-state index contributed by atoms with van der Waals surface area (Å²) in [4.78, 5) is 104. The molecular formula is C27H35FN4O13. The van der Waals surface area contributed by atoms with Crippen LogP contribution in [0.15, 0.2) is 30.3 Å². The van der Waals surface area contributed by atoms with E-state index in [-0.39, 0.29) is 6.61 Å². The zero-order valence-electron chi connectivity index (χ0n) is 24.3. The van der Waals surface area contributed by atoms with E-state index >= 15 is 0 Å². The molecule has 9 N–H and O–H groups in total. The van der Waals surface area contributed by atoms with Gasteiger partial charge in [-0.3, -0.25) is 33.6 Å². The first-order chi connectivity index (χ1) is 20.9. The molecule has 45 heavy (non-hydrogen) atoms. The zero-order valence-corrected chi connectivity index (χ0v) is 24.3. The molecule has 0 aliphatic carbocycles. The number of aliphatic carboxylic acids is 2. The van der Waals surface area contributed by atoms with Crippen LogP contribution in [-0.4, -0.2) is 98.7 Å². The lowest BCUT2D eigenvalue weighted by Crippen LogP contribution is -2.56. The van der Waals surface area contributed by atoms with Crippen molar-refractivity contribution in [2.45, 2.75) is 76.4 Å². The smallest absolute Gasteiger partial charge is 0.376 e. The second kappa shape index (κ2) is 20.1. The van der Waals surface area contributed by atoms with Crippen LogP contribution >= 0.6 is 0 Å². The molecule has 0 unspecified atom stereocenters. The van der Waals surface area contributed by atoms with Gasteiger partial charge in [-0.1, -0.05) is 30.3 Å². The molecule has 0 fully saturated rings. The van der Waals surface area contributed by atoms with Crippen molar-refractivity contribution >= 4 is 53.1 Å². The first-order valence-corrected chi connectivity index (χ1v) is 13.1. The summed E-state index contributed by atoms with van der Waals surface area (Å²) in [6, 6.07) is 0.377. The van der Waals surface area contributed by atoms with Gasteiger partial charge in [0, 0.05) is 19.8 Å². The van der Waals surface area contributed by atoms with E-state index in [4.69, 9.17) is 31.2 Å². The van der Waals surface area contributed by atoms with Crippen molar-refractivity contribution in [3.05, 3.63) is 35.9 Å². The third kappa shape index (κ3) is 16.5. The van der Waals surface area contributed by atoms with Gasteiger partial charge in [0.2, 0.25) is 23.4 Å². The molecule has 2 amide bonds. The van der Waals surface area contributed by atoms with Crippen molar-refractivity contribution in [1.29, 1.82) is 0 Å². The van der Waals surface area contributed by atoms with Crippen LogP contribution in [0.25, 0.3) is 0 Å². The fourth-order valence-corrected chi connectivity index (χ4v) is 3.25. The summed E-state index contributed by atoms with van der Waals surface area (Å²) in [5.41, 5.74) is 11.9. The Labute approximate surface area is 255 Å². The van der Waals surface area contributed by atoms with Crippen molar-refractivity contribution < 1.29 is 67.6 Å². The molecule has 0 saturated carbocycles. The number of hydrogen-bond acceptors (Lipinski definition) is 13. The number of aliphatic hydroxyl groups is 1. The Morgan fingerprint density at radius 1 is 0.889 bits per heavy atom. The van der Waals surface area contributed by atoms with Gasteiger partial charge in [0.1, 0.15) is 18.7 Å². The van der Waals surface area contributed by atoms with E-state index in [1.54, 1.807) is 30.3 Å². The molecule has 18 heteroatoms. The molecule has 0 aliphatic rings. The molecule has 1 rings (SSSR count). The summed E-state index contributed by atoms with van der Waals surface area (Å²) in [5, 5.41) is 31.6. The maximum atomic E-state index is 12.3. The molecule has 17 nitrogen and oxygen atoms in total. The number of nitrogens with two attached hydrogens (primary N) is 2. The van der Waals surface area contributed by atoms with Crippen molar-refractivity contribution in [3.63, 3.8) is 0 Å². The number of carbonyl (C=O) groups excluding carboxylic acids is 7. The molecule has 0 radical (unpaired) electrons. The Kier molecular flexibility index (Phi) is 17.9. The number of ketones is 3. The number of carbonyl (C=O) groups is 9. The van der Waals surface area contributed by atoms with Crippen LogP contribution in [0.5, 0.6) is 0 Å². The predicted octanol–water partition coefficient (Wildman–Crippen LogP) is -2.33. The molecule has 1 aromatic rings. The largest absolute Gasteiger partial charge is 0.481 e. The van der Waals surface area contributed by atoms with E-state index < -0.39 is 109 Å². The number of carboxylic acid groups (broad SMARTS) is 2. The average Bonchev–Trinajstić information content (AvgIpc) is 2.95. The number of rotatable bonds is 18. The van der Waals surface area contributed by atoms with Gasteiger partial charge in [0.05, 0.1) is 24.6 Å². The number of halogens is 1. The van der Waals surface area contributed by atoms with Crippen LogP contribution in [-0.2, 0) is 54.5 Å². The Morgan fingerprint density at radius 3 is 1.93 bits per heavy atom. The van der Waals surface area contributed by atoms with E-state index in [2.05, 4.69) is 5.32 Å². The highest BCUT2D eigenvalue weighted by molar-refractivity contribution is 6.41. The Balaban J connectivity index is 0.00000454. The zero-order chi connectivity index (χ0) is 34.9. The normalized spacial score (nSPS) is 13.6. The first kappa shape index (κ1) is 40.1. The van der Waals surface area contributed by atoms with Crippen LogP contribution in [0, 0.1) is 0 Å². The first-order valence-electron chi connectivity index (χ1n) is 13.1. The highest BCUT2D eigenvalue weighted by atomic mass is 19.1. The van der Waals surface area contributed by atoms with E-state index in [0.29, 0.717) is 5.56 Å². The second-order valence-electron chi connectivity index (χ2n) is 9.42. The molecule has 0 saturated heterocycles. The van der Waals surface area contributed by atoms with Gasteiger partial charge in [-0.15, -0.1) is 0 Å². The average molecular weight is 643 g/mol. The lowest BCUT2D eigenvalue weighted by atomic mass is 9.98. The van der Waals surface area contributed by atoms with Gasteiger partial charge in [-0.05, 0) is 18.9 Å². The Bertz CT molecular complexity index is 1250. The fourth-order valence-electron chi connectivity index (χ4n) is 3.25. The molecule has 1 aromatic carbocycles. The monoisotopic (exact) mass is 642 g/mol. The summed E-state index contributed by atoms with van der Waals surface area (Å²) >= 11 is 0. The molecule has 0 heterocycles. The minimum absolute atomic E-state index is 0.210. The quantitative estimate of drug-likeness (QED) is 0.0502. The fraction of sp³-hybridized carbons (Fsp3) is 0.444. The predicted molar refractivity (Wildman–Crippen MR) is 148 cm³/mol. The van der Waals surface area contributed by atoms with E-state index in [1.807, 2.05) is 5.32 Å². The van der Waals surface area contributed by atoms with E-state index in [9.17, 15) is 47.9 Å². The van der Waals surface area contributed by atoms with Gasteiger partial charge in [0.15, 0.2) is 0 Å². The summed E-state index contributed by atoms with van der Waals surface area (Å²) in [6.07, 6.45) is -4.28. The minimum atomic E-state index is -1.83. The van der Waals surface area contributed by atoms with Gasteiger partial charge in [-0.2, -0.15) is 4.39 Å². The lowest BCUT2D eigenvalue weighted by molar-refractivity contribution is -0.155. The van der Waals surface area contributed by atoms with Crippen molar-refractivity contribution in [2.24, 2.45) is 11.5 Å². The molecule has 248 valence electrons. The highest BCUT2D eigenvalue weighted by Gasteiger charge is 2.32. The van der Waals surface area contributed by atoms with Gasteiger partial charge < -0.3 is 42.2 Å². The lowest BCUT2D eigenvalue weighted by Gasteiger charge is -2.23. The van der Waals surface area contributed by atoms with Crippen molar-refractivity contribution in [3.8, 4) is 0 Å². The maximum absolute atomic E-state index is 12.3. The van der Waals surface area contributed by atoms with Gasteiger partial charge >= 0.3 is 17.9 Å². The Hall–Kier alpha value is -4.94. The number of hydrogen-bond donors (Lipinski definition) is 7. The van der Waals surface area contributed by atoms with Crippen LogP contribution in [0.2, 0.25) is 0 Å². The topological polar surface area (TPSA) is 300 Å². The molecular weight excluding hydrogens is 607 g/mol. The van der Waals surface area contributed by atoms with Gasteiger partial charge in [0.25, 0.3) is 11.8 Å². The number of nitrogens with one attached hydrogen (secondary N) is 2. The molecule has 0 bridgehead atoms. The van der Waals surface area contributed by atoms with Crippen molar-refractivity contribution in [2.75, 3.05) is 0 Å². The van der Waals surface area contributed by atoms with Gasteiger partial charge in [-0.25, -0.2) is 9.59 Å². The summed E-state index contributed by atoms with van der Waals surface area (Å²) in [7, 11) is 0. The van der Waals surface area contributed by atoms with Crippen molar-refractivity contribution in [1.82, 2.24) is 10.6 Å². The number of ether oxygens (including phenoxy) is 1. The molecule has 5 atom stereocenters. The van der Waals surface area contributed by atoms with E-state index in [1.165, 1.54) is 0 Å². The number of aliphatic hydroxyl groups excluding tert-OH is 1. The van der Waals surface area contributed by atoms with E-state index in [0.717, 1.165) is 13.8 Å². The number of benzene rings is 1. The maximum Gasteiger partial charge on any atom is 0.376 e. The number of amides is 2. The SMILES string of the molecule is CC(=O)F.C[C@@H](O)[C@H](NC(=O)CC[C@H](N)C(=O)C(=O)C[C@H](N)C(=O)C(=O)OCc1ccccc1)C(=O)N[C@@H](CC(=O)O)C(=O)O. The number of carboxylic acids is 2. The standard InChI is InChI=1S/C25H32N4O12.C2H3FO/c1-12(30)20(23(37)28-16(24(38)39)10-19(33)34)29-18(32)8-7-14(26)21(35)17(31)9-15(27)22(36)25(40)41-11-13-5-3-2-4-6-13;1-2(3)4/h2-6,12,14-16,20,30H,7-11,26-27H2,1H3,(H,28,37)(H,29,32)(H,33,34)(H,38,39);1H3/t12-,14+,15+,16+,20+;/m1./s1. The van der Waals surface area contributed by atoms with Crippen LogP contribution < -0.4 is 22.1 Å². The molecule has 0 aliphatic heterocycles. The van der Waals surface area contributed by atoms with Crippen LogP contribution in [0.3, 0.4) is 0 Å². The molecule has 0 spiro atoms. The van der Waals surface area contributed by atoms with Crippen LogP contribution in [0.4, 0.5) is 4.39 Å². The summed E-state index contributed by atoms with van der Waals surface area (Å²) in [5.74, 6) is -10.1. The summed E-state index contributed by atoms with van der Waals surface area (Å²) in [6.45, 7) is 1.76. The highest BCUT2D eigenvalue weighted by Crippen LogP contribution is 2.06. The van der Waals surface area contributed by atoms with Crippen LogP contribution in [0.1, 0.15) is 45.1 Å². The minimum Gasteiger partial charge on any atom is -0.481 e. The molecule has 0 aromatic heterocycles. The Morgan fingerprint density at radius 2 is 1.44 bits per heavy atom. The number of Topliss-reactive ketones (excluding diaryl/α,β-unsaturated/α-hetero) is 3. The summed E-state index contributed by atoms with van der Waals surface area (Å²) < 4.78 is 15.2. The number of esters is 1. The second-order valence-corrected chi connectivity index (χ2v) is 9.42. The third-order valence-electron chi connectivity index (χ3n) is 5.52.